The van der Waals surface area contributed by atoms with Crippen LogP contribution in [0.4, 0.5) is 5.13 Å². The molecule has 0 fully saturated rings. The Morgan fingerprint density at radius 3 is 2.65 bits per heavy atom. The van der Waals surface area contributed by atoms with Crippen molar-refractivity contribution in [2.24, 2.45) is 0 Å². The van der Waals surface area contributed by atoms with Gasteiger partial charge in [-0.3, -0.25) is 4.79 Å². The molecule has 0 aliphatic heterocycles. The van der Waals surface area contributed by atoms with Crippen LogP contribution in [-0.2, 0) is 21.1 Å². The van der Waals surface area contributed by atoms with E-state index < -0.39 is 9.84 Å². The van der Waals surface area contributed by atoms with Crippen LogP contribution in [0.2, 0.25) is 0 Å². The number of carbonyl (C=O) groups is 1. The van der Waals surface area contributed by atoms with Gasteiger partial charge in [0, 0.05) is 17.7 Å². The molecular weight excluding hydrogens is 302 g/mol. The molecule has 7 nitrogen and oxygen atoms in total. The van der Waals surface area contributed by atoms with Crippen LogP contribution in [0.5, 0.6) is 0 Å². The summed E-state index contributed by atoms with van der Waals surface area (Å²) in [7, 11) is -2.90. The summed E-state index contributed by atoms with van der Waals surface area (Å²) < 4.78 is 22.1. The maximum Gasteiger partial charge on any atom is 0.290 e. The SMILES string of the molecule is CC(CS(C)(=O)=O)NCCCc1csc(N)n1.O=CO. The van der Waals surface area contributed by atoms with Crippen molar-refractivity contribution in [3.05, 3.63) is 11.1 Å². The highest BCUT2D eigenvalue weighted by Crippen LogP contribution is 2.12. The monoisotopic (exact) mass is 323 g/mol. The Labute approximate surface area is 123 Å². The molecule has 1 atom stereocenters. The third-order valence-corrected chi connectivity index (χ3v) is 4.05. The Kier molecular flexibility index (Phi) is 9.10. The quantitative estimate of drug-likeness (QED) is 0.490. The maximum atomic E-state index is 11.0. The standard InChI is InChI=1S/C10H19N3O2S2.CH2O2/c1-8(7-17(2,14)15)12-5-3-4-9-6-16-10(11)13-9;2-1-3/h6,8,12H,3-5,7H2,1-2H3,(H2,11,13);1H,(H,2,3). The minimum Gasteiger partial charge on any atom is -0.483 e. The zero-order valence-corrected chi connectivity index (χ0v) is 13.2. The van der Waals surface area contributed by atoms with Crippen LogP contribution in [0.15, 0.2) is 5.38 Å². The number of nitrogen functional groups attached to an aromatic ring is 1. The molecule has 0 bridgehead atoms. The van der Waals surface area contributed by atoms with Gasteiger partial charge in [0.1, 0.15) is 9.84 Å². The van der Waals surface area contributed by atoms with E-state index in [1.165, 1.54) is 17.6 Å². The van der Waals surface area contributed by atoms with Gasteiger partial charge < -0.3 is 16.2 Å². The molecule has 4 N–H and O–H groups in total. The Balaban J connectivity index is 0.00000110. The van der Waals surface area contributed by atoms with Crippen molar-refractivity contribution in [1.29, 1.82) is 0 Å². The Morgan fingerprint density at radius 2 is 2.20 bits per heavy atom. The summed E-state index contributed by atoms with van der Waals surface area (Å²) in [5.74, 6) is 0.177. The average molecular weight is 323 g/mol. The maximum absolute atomic E-state index is 11.0. The van der Waals surface area contributed by atoms with Gasteiger partial charge in [-0.05, 0) is 26.3 Å². The van der Waals surface area contributed by atoms with Gasteiger partial charge in [-0.1, -0.05) is 0 Å². The highest BCUT2D eigenvalue weighted by molar-refractivity contribution is 7.90. The lowest BCUT2D eigenvalue weighted by Gasteiger charge is -2.11. The number of anilines is 1. The summed E-state index contributed by atoms with van der Waals surface area (Å²) in [5, 5.41) is 12.6. The molecule has 0 saturated heterocycles. The number of rotatable bonds is 7. The van der Waals surface area contributed by atoms with E-state index in [1.807, 2.05) is 12.3 Å². The van der Waals surface area contributed by atoms with Gasteiger partial charge in [-0.2, -0.15) is 0 Å². The molecule has 0 aromatic carbocycles. The number of hydrogen-bond donors (Lipinski definition) is 3. The highest BCUT2D eigenvalue weighted by atomic mass is 32.2. The van der Waals surface area contributed by atoms with E-state index in [0.29, 0.717) is 5.13 Å². The number of aromatic nitrogens is 1. The molecule has 116 valence electrons. The number of nitrogens with one attached hydrogen (secondary N) is 1. The van der Waals surface area contributed by atoms with Crippen molar-refractivity contribution in [2.45, 2.75) is 25.8 Å². The van der Waals surface area contributed by atoms with Crippen LogP contribution < -0.4 is 11.1 Å². The van der Waals surface area contributed by atoms with Gasteiger partial charge in [-0.25, -0.2) is 13.4 Å². The predicted molar refractivity (Wildman–Crippen MR) is 80.7 cm³/mol. The average Bonchev–Trinajstić information content (AvgIpc) is 2.69. The van der Waals surface area contributed by atoms with Gasteiger partial charge in [-0.15, -0.1) is 11.3 Å². The number of aryl methyl sites for hydroxylation is 1. The summed E-state index contributed by atoms with van der Waals surface area (Å²) in [6.07, 6.45) is 3.05. The van der Waals surface area contributed by atoms with Gasteiger partial charge in [0.05, 0.1) is 11.4 Å². The fraction of sp³-hybridized carbons (Fsp3) is 0.636. The smallest absolute Gasteiger partial charge is 0.290 e. The molecule has 0 saturated carbocycles. The van der Waals surface area contributed by atoms with Gasteiger partial charge in [0.2, 0.25) is 0 Å². The lowest BCUT2D eigenvalue weighted by Crippen LogP contribution is -2.33. The Bertz CT molecular complexity index is 488. The number of hydrogen-bond acceptors (Lipinski definition) is 7. The summed E-state index contributed by atoms with van der Waals surface area (Å²) in [6.45, 7) is 2.41. The Morgan fingerprint density at radius 1 is 1.60 bits per heavy atom. The summed E-state index contributed by atoms with van der Waals surface area (Å²) >= 11 is 1.44. The van der Waals surface area contributed by atoms with Crippen LogP contribution in [0.1, 0.15) is 19.0 Å². The lowest BCUT2D eigenvalue weighted by atomic mass is 10.2. The van der Waals surface area contributed by atoms with E-state index in [-0.39, 0.29) is 18.3 Å². The van der Waals surface area contributed by atoms with Crippen LogP contribution in [0.3, 0.4) is 0 Å². The zero-order chi connectivity index (χ0) is 15.6. The van der Waals surface area contributed by atoms with Crippen molar-refractivity contribution in [1.82, 2.24) is 10.3 Å². The fourth-order valence-electron chi connectivity index (χ4n) is 1.57. The molecule has 1 unspecified atom stereocenters. The van der Waals surface area contributed by atoms with Gasteiger partial charge in [0.25, 0.3) is 6.47 Å². The van der Waals surface area contributed by atoms with Crippen LogP contribution in [-0.4, -0.2) is 49.6 Å². The van der Waals surface area contributed by atoms with Gasteiger partial charge in [0.15, 0.2) is 5.13 Å². The number of nitrogens with two attached hydrogens (primary N) is 1. The number of carboxylic acid groups (broad SMARTS) is 1. The van der Waals surface area contributed by atoms with E-state index >= 15 is 0 Å². The van der Waals surface area contributed by atoms with E-state index in [2.05, 4.69) is 10.3 Å². The molecule has 0 spiro atoms. The number of nitrogens with zero attached hydrogens (tertiary/aromatic N) is 1. The zero-order valence-electron chi connectivity index (χ0n) is 11.6. The molecule has 0 amide bonds. The first-order valence-corrected chi connectivity index (χ1v) is 8.91. The highest BCUT2D eigenvalue weighted by Gasteiger charge is 2.09. The summed E-state index contributed by atoms with van der Waals surface area (Å²) in [6, 6.07) is -0.00879. The van der Waals surface area contributed by atoms with E-state index in [9.17, 15) is 8.42 Å². The first-order valence-electron chi connectivity index (χ1n) is 5.97. The molecule has 1 heterocycles. The summed E-state index contributed by atoms with van der Waals surface area (Å²) in [5.41, 5.74) is 6.53. The fourth-order valence-corrected chi connectivity index (χ4v) is 3.19. The van der Waals surface area contributed by atoms with Crippen molar-refractivity contribution in [3.8, 4) is 0 Å². The van der Waals surface area contributed by atoms with Crippen molar-refractivity contribution in [3.63, 3.8) is 0 Å². The third-order valence-electron chi connectivity index (χ3n) is 2.22. The Hall–Kier alpha value is -1.19. The van der Waals surface area contributed by atoms with Crippen LogP contribution >= 0.6 is 11.3 Å². The largest absolute Gasteiger partial charge is 0.483 e. The lowest BCUT2D eigenvalue weighted by molar-refractivity contribution is -0.122. The molecule has 1 aromatic rings. The first kappa shape index (κ1) is 18.8. The molecule has 20 heavy (non-hydrogen) atoms. The number of sulfone groups is 1. The third kappa shape index (κ3) is 10.7. The molecule has 0 aliphatic carbocycles. The first-order chi connectivity index (χ1) is 9.28. The van der Waals surface area contributed by atoms with E-state index in [4.69, 9.17) is 15.6 Å². The summed E-state index contributed by atoms with van der Waals surface area (Å²) in [4.78, 5) is 12.5. The van der Waals surface area contributed by atoms with E-state index in [1.54, 1.807) is 0 Å². The molecule has 1 aromatic heterocycles. The molecule has 0 radical (unpaired) electrons. The second-order valence-corrected chi connectivity index (χ2v) is 7.41. The van der Waals surface area contributed by atoms with E-state index in [0.717, 1.165) is 25.1 Å². The molecular formula is C11H21N3O4S2. The minimum absolute atomic E-state index is 0.00879. The second-order valence-electron chi connectivity index (χ2n) is 4.33. The van der Waals surface area contributed by atoms with Gasteiger partial charge >= 0.3 is 0 Å². The number of thiazole rings is 1. The van der Waals surface area contributed by atoms with Crippen molar-refractivity contribution >= 4 is 32.8 Å². The van der Waals surface area contributed by atoms with Crippen molar-refractivity contribution in [2.75, 3.05) is 24.3 Å². The molecule has 0 aliphatic rings. The molecule has 9 heteroatoms. The minimum atomic E-state index is -2.90. The predicted octanol–water partition coefficient (Wildman–Crippen LogP) is 0.381. The normalized spacial score (nSPS) is 12.3. The topological polar surface area (TPSA) is 122 Å². The van der Waals surface area contributed by atoms with Crippen LogP contribution in [0, 0.1) is 0 Å². The second kappa shape index (κ2) is 9.67. The molecule has 1 rings (SSSR count). The van der Waals surface area contributed by atoms with Crippen LogP contribution in [0.25, 0.3) is 0 Å². The van der Waals surface area contributed by atoms with Crippen molar-refractivity contribution < 1.29 is 18.3 Å².